The van der Waals surface area contributed by atoms with Crippen molar-refractivity contribution in [3.63, 3.8) is 0 Å². The number of anilines is 1. The topological polar surface area (TPSA) is 20.3 Å². The molecule has 1 aromatic rings. The summed E-state index contributed by atoms with van der Waals surface area (Å²) in [4.78, 5) is 11.7. The Hall–Kier alpha value is -1.94. The fourth-order valence-electron chi connectivity index (χ4n) is 1.69. The van der Waals surface area contributed by atoms with Crippen LogP contribution in [-0.2, 0) is 0 Å². The predicted molar refractivity (Wildman–Crippen MR) is 77.3 cm³/mol. The van der Waals surface area contributed by atoms with Gasteiger partial charge < -0.3 is 0 Å². The summed E-state index contributed by atoms with van der Waals surface area (Å²) in [5.41, 5.74) is 6.01. The number of rotatable bonds is 5. The summed E-state index contributed by atoms with van der Waals surface area (Å²) in [6, 6.07) is 7.14. The van der Waals surface area contributed by atoms with E-state index >= 15 is 0 Å². The van der Waals surface area contributed by atoms with Gasteiger partial charge in [-0.05, 0) is 17.3 Å². The first-order valence-electron chi connectivity index (χ1n) is 5.45. The van der Waals surface area contributed by atoms with Gasteiger partial charge in [0.25, 0.3) is 0 Å². The van der Waals surface area contributed by atoms with E-state index < -0.39 is 14.2 Å². The highest BCUT2D eigenvalue weighted by Gasteiger charge is 2.25. The van der Waals surface area contributed by atoms with Gasteiger partial charge in [-0.15, -0.1) is 24.1 Å². The van der Waals surface area contributed by atoms with Crippen LogP contribution in [0.4, 0.5) is 14.9 Å². The number of hydrogen-bond acceptors (Lipinski definition) is 1. The molecular weight excluding hydrogens is 245 g/mol. The lowest BCUT2D eigenvalue weighted by atomic mass is 10.3. The molecule has 0 spiro atoms. The van der Waals surface area contributed by atoms with Crippen LogP contribution in [0.25, 0.3) is 0 Å². The zero-order valence-electron chi connectivity index (χ0n) is 10.4. The van der Waals surface area contributed by atoms with Gasteiger partial charge in [-0.2, -0.15) is 0 Å². The molecule has 18 heavy (non-hydrogen) atoms. The van der Waals surface area contributed by atoms with Crippen molar-refractivity contribution < 1.29 is 9.18 Å². The molecule has 0 unspecified atom stereocenters. The average Bonchev–Trinajstić information content (AvgIpc) is 2.41. The quantitative estimate of drug-likeness (QED) is 0.453. The van der Waals surface area contributed by atoms with Crippen molar-refractivity contribution in [2.45, 2.75) is 0 Å². The van der Waals surface area contributed by atoms with Crippen molar-refractivity contribution in [2.24, 2.45) is 0 Å². The van der Waals surface area contributed by atoms with Gasteiger partial charge in [0.05, 0.1) is 0 Å². The van der Waals surface area contributed by atoms with Gasteiger partial charge in [0.2, 0.25) is 0 Å². The number of benzene rings is 1. The van der Waals surface area contributed by atoms with Crippen LogP contribution >= 0.6 is 0 Å². The molecule has 4 heteroatoms. The summed E-state index contributed by atoms with van der Waals surface area (Å²) in [5.74, 6) is 0. The van der Waals surface area contributed by atoms with E-state index in [0.29, 0.717) is 5.69 Å². The maximum atomic E-state index is 12.7. The SMILES string of the molecule is C=C[Si](C=C)(C=C)c1cccc(N(C)C(=O)F)c1. The molecule has 0 saturated heterocycles. The molecule has 0 aromatic heterocycles. The molecule has 0 aliphatic carbocycles. The molecule has 1 aromatic carbocycles. The minimum Gasteiger partial charge on any atom is -0.287 e. The van der Waals surface area contributed by atoms with E-state index in [4.69, 9.17) is 0 Å². The molecule has 0 heterocycles. The molecule has 0 aliphatic heterocycles. The maximum Gasteiger partial charge on any atom is 0.404 e. The Morgan fingerprint density at radius 3 is 2.28 bits per heavy atom. The zero-order chi connectivity index (χ0) is 13.8. The van der Waals surface area contributed by atoms with Crippen LogP contribution in [-0.4, -0.2) is 21.3 Å². The van der Waals surface area contributed by atoms with E-state index in [9.17, 15) is 9.18 Å². The molecule has 2 nitrogen and oxygen atoms in total. The van der Waals surface area contributed by atoms with Crippen LogP contribution in [0.15, 0.2) is 61.1 Å². The largest absolute Gasteiger partial charge is 0.404 e. The summed E-state index contributed by atoms with van der Waals surface area (Å²) in [7, 11) is -0.785. The van der Waals surface area contributed by atoms with Crippen LogP contribution in [0.2, 0.25) is 0 Å². The molecule has 0 radical (unpaired) electrons. The Morgan fingerprint density at radius 2 is 1.83 bits per heavy atom. The van der Waals surface area contributed by atoms with E-state index in [0.717, 1.165) is 10.1 Å². The first-order valence-corrected chi connectivity index (χ1v) is 7.68. The Balaban J connectivity index is 3.31. The van der Waals surface area contributed by atoms with Crippen molar-refractivity contribution in [1.29, 1.82) is 0 Å². The number of carbonyl (C=O) groups excluding carboxylic acids is 1. The molecule has 0 atom stereocenters. The van der Waals surface area contributed by atoms with Gasteiger partial charge in [-0.3, -0.25) is 4.90 Å². The number of nitrogens with zero attached hydrogens (tertiary/aromatic N) is 1. The third kappa shape index (κ3) is 2.48. The third-order valence-corrected chi connectivity index (χ3v) is 6.35. The van der Waals surface area contributed by atoms with E-state index in [2.05, 4.69) is 19.7 Å². The lowest BCUT2D eigenvalue weighted by Crippen LogP contribution is -2.43. The van der Waals surface area contributed by atoms with E-state index in [1.54, 1.807) is 18.2 Å². The van der Waals surface area contributed by atoms with Crippen LogP contribution < -0.4 is 10.1 Å². The highest BCUT2D eigenvalue weighted by Crippen LogP contribution is 2.15. The predicted octanol–water partition coefficient (Wildman–Crippen LogP) is 3.04. The number of halogens is 1. The van der Waals surface area contributed by atoms with Crippen LogP contribution in [0.1, 0.15) is 0 Å². The molecule has 0 saturated carbocycles. The second-order valence-electron chi connectivity index (χ2n) is 3.91. The molecule has 0 aliphatic rings. The van der Waals surface area contributed by atoms with Gasteiger partial charge in [0, 0.05) is 12.7 Å². The van der Waals surface area contributed by atoms with E-state index in [1.165, 1.54) is 7.05 Å². The monoisotopic (exact) mass is 261 g/mol. The number of amides is 1. The fourth-order valence-corrected chi connectivity index (χ4v) is 3.68. The first-order chi connectivity index (χ1) is 8.50. The molecule has 0 bridgehead atoms. The first kappa shape index (κ1) is 14.1. The maximum absolute atomic E-state index is 12.7. The molecule has 0 N–H and O–H groups in total. The minimum atomic E-state index is -2.17. The standard InChI is InChI=1S/C14H16FNOSi/c1-5-18(6-2,7-3)13-10-8-9-12(11-13)16(4)14(15)17/h5-11H,1-3H2,4H3. The van der Waals surface area contributed by atoms with E-state index in [-0.39, 0.29) is 0 Å². The normalized spacial score (nSPS) is 10.6. The summed E-state index contributed by atoms with van der Waals surface area (Å²) in [5, 5.41) is 0.966. The van der Waals surface area contributed by atoms with Gasteiger partial charge >= 0.3 is 6.16 Å². The van der Waals surface area contributed by atoms with Crippen molar-refractivity contribution in [2.75, 3.05) is 11.9 Å². The molecule has 94 valence electrons. The lowest BCUT2D eigenvalue weighted by molar-refractivity contribution is 0.229. The third-order valence-electron chi connectivity index (χ3n) is 3.01. The number of carbonyl (C=O) groups is 1. The van der Waals surface area contributed by atoms with Crippen molar-refractivity contribution in [3.8, 4) is 0 Å². The van der Waals surface area contributed by atoms with Gasteiger partial charge in [-0.25, -0.2) is 4.79 Å². The Labute approximate surface area is 108 Å². The van der Waals surface area contributed by atoms with Crippen LogP contribution in [0.3, 0.4) is 0 Å². The molecule has 1 rings (SSSR count). The smallest absolute Gasteiger partial charge is 0.287 e. The van der Waals surface area contributed by atoms with Crippen LogP contribution in [0.5, 0.6) is 0 Å². The Bertz CT molecular complexity index is 477. The summed E-state index contributed by atoms with van der Waals surface area (Å²) < 4.78 is 12.7. The van der Waals surface area contributed by atoms with Gasteiger partial charge in [-0.1, -0.05) is 29.2 Å². The van der Waals surface area contributed by atoms with Gasteiger partial charge in [0.1, 0.15) is 0 Å². The Morgan fingerprint density at radius 1 is 1.28 bits per heavy atom. The number of hydrogen-bond donors (Lipinski definition) is 0. The Kier molecular flexibility index (Phi) is 4.39. The second kappa shape index (κ2) is 5.60. The summed E-state index contributed by atoms with van der Waals surface area (Å²) in [6.07, 6.45) is -1.49. The minimum absolute atomic E-state index is 0.502. The molecule has 1 amide bonds. The zero-order valence-corrected chi connectivity index (χ0v) is 11.4. The van der Waals surface area contributed by atoms with Crippen molar-refractivity contribution in [1.82, 2.24) is 0 Å². The highest BCUT2D eigenvalue weighted by atomic mass is 28.3. The van der Waals surface area contributed by atoms with E-state index in [1.807, 2.05) is 23.2 Å². The average molecular weight is 261 g/mol. The van der Waals surface area contributed by atoms with Crippen LogP contribution in [0, 0.1) is 0 Å². The molecule has 0 fully saturated rings. The lowest BCUT2D eigenvalue weighted by Gasteiger charge is -2.22. The summed E-state index contributed by atoms with van der Waals surface area (Å²) in [6.45, 7) is 11.5. The summed E-state index contributed by atoms with van der Waals surface area (Å²) >= 11 is 0. The molecular formula is C14H16FNOSi. The fraction of sp³-hybridized carbons (Fsp3) is 0.0714. The van der Waals surface area contributed by atoms with Crippen molar-refractivity contribution >= 4 is 25.1 Å². The highest BCUT2D eigenvalue weighted by molar-refractivity contribution is 7.03. The van der Waals surface area contributed by atoms with Gasteiger partial charge in [0.15, 0.2) is 8.07 Å². The van der Waals surface area contributed by atoms with Crippen molar-refractivity contribution in [3.05, 3.63) is 61.1 Å². The second-order valence-corrected chi connectivity index (χ2v) is 7.58.